The fourth-order valence-corrected chi connectivity index (χ4v) is 3.93. The highest BCUT2D eigenvalue weighted by Crippen LogP contribution is 2.39. The number of methoxy groups -OCH3 is 1. The van der Waals surface area contributed by atoms with Crippen molar-refractivity contribution in [1.29, 1.82) is 0 Å². The fraction of sp³-hybridized carbons (Fsp3) is 0.348. The number of rotatable bonds is 5. The maximum atomic E-state index is 14.0. The van der Waals surface area contributed by atoms with Crippen molar-refractivity contribution in [2.45, 2.75) is 36.9 Å². The molecule has 4 N–H and O–H groups in total. The number of hydrogen-bond acceptors (Lipinski definition) is 8. The predicted molar refractivity (Wildman–Crippen MR) is 114 cm³/mol. The predicted octanol–water partition coefficient (Wildman–Crippen LogP) is 1.34. The van der Waals surface area contributed by atoms with E-state index in [0.29, 0.717) is 5.56 Å². The lowest BCUT2D eigenvalue weighted by molar-refractivity contribution is -0.299. The Morgan fingerprint density at radius 1 is 1.03 bits per heavy atom. The second kappa shape index (κ2) is 9.47. The van der Waals surface area contributed by atoms with E-state index in [1.807, 2.05) is 0 Å². The molecule has 9 nitrogen and oxygen atoms in total. The van der Waals surface area contributed by atoms with Crippen molar-refractivity contribution in [3.05, 3.63) is 59.8 Å². The standard InChI is InChI=1S/C23H22F3NO8/c1-33-21(32)16-9-13-14(23(24,25)26)7-12(11-5-3-2-4-6-11)8-15(13)27(16)35-22-20(31)19(30)18(29)17(10-28)34-22/h2-9,17-20,22,28-31H,10H2,1H3/t17-,18-,19+,20+,22-/m1/s1. The zero-order valence-electron chi connectivity index (χ0n) is 18.2. The van der Waals surface area contributed by atoms with E-state index in [9.17, 15) is 38.4 Å². The number of carbonyl (C=O) groups excluding carboxylic acids is 1. The van der Waals surface area contributed by atoms with Crippen molar-refractivity contribution in [3.8, 4) is 11.1 Å². The molecule has 3 aromatic rings. The lowest BCUT2D eigenvalue weighted by atomic mass is 9.99. The maximum absolute atomic E-state index is 14.0. The van der Waals surface area contributed by atoms with E-state index in [0.717, 1.165) is 24.0 Å². The molecule has 1 saturated heterocycles. The SMILES string of the molecule is COC(=O)c1cc2c(C(F)(F)F)cc(-c3ccccc3)cc2n1O[C@H]1O[C@H](CO)[C@@H](O)[C@H](O)[C@@H]1O. The number of aliphatic hydroxyl groups excluding tert-OH is 4. The Morgan fingerprint density at radius 3 is 2.31 bits per heavy atom. The van der Waals surface area contributed by atoms with Crippen LogP contribution in [0.3, 0.4) is 0 Å². The van der Waals surface area contributed by atoms with Crippen LogP contribution in [0.15, 0.2) is 48.5 Å². The monoisotopic (exact) mass is 497 g/mol. The van der Waals surface area contributed by atoms with Crippen molar-refractivity contribution < 1.29 is 52.7 Å². The molecule has 1 aliphatic heterocycles. The van der Waals surface area contributed by atoms with Crippen LogP contribution < -0.4 is 4.84 Å². The number of carbonyl (C=O) groups is 1. The minimum absolute atomic E-state index is 0.165. The van der Waals surface area contributed by atoms with Gasteiger partial charge in [-0.1, -0.05) is 30.3 Å². The van der Waals surface area contributed by atoms with Crippen molar-refractivity contribution in [3.63, 3.8) is 0 Å². The Labute approximate surface area is 196 Å². The smallest absolute Gasteiger partial charge is 0.417 e. The average Bonchev–Trinajstić information content (AvgIpc) is 3.21. The molecule has 1 aliphatic rings. The summed E-state index contributed by atoms with van der Waals surface area (Å²) in [6, 6.07) is 11.4. The number of esters is 1. The Morgan fingerprint density at radius 2 is 1.71 bits per heavy atom. The van der Waals surface area contributed by atoms with Gasteiger partial charge in [-0.3, -0.25) is 0 Å². The number of ether oxygens (including phenoxy) is 2. The number of aromatic nitrogens is 1. The van der Waals surface area contributed by atoms with Crippen LogP contribution in [0.5, 0.6) is 0 Å². The van der Waals surface area contributed by atoms with E-state index >= 15 is 0 Å². The summed E-state index contributed by atoms with van der Waals surface area (Å²) in [5, 5.41) is 39.4. The number of benzene rings is 2. The van der Waals surface area contributed by atoms with Crippen LogP contribution in [-0.2, 0) is 15.7 Å². The molecule has 0 bridgehead atoms. The summed E-state index contributed by atoms with van der Waals surface area (Å²) in [5.41, 5.74) is -1.07. The van der Waals surface area contributed by atoms with Gasteiger partial charge in [-0.15, -0.1) is 0 Å². The topological polar surface area (TPSA) is 131 Å². The summed E-state index contributed by atoms with van der Waals surface area (Å²) in [5.74, 6) is -1.04. The second-order valence-electron chi connectivity index (χ2n) is 7.94. The number of alkyl halides is 3. The van der Waals surface area contributed by atoms with Crippen molar-refractivity contribution >= 4 is 16.9 Å². The molecule has 0 aliphatic carbocycles. The number of halogens is 3. The summed E-state index contributed by atoms with van der Waals surface area (Å²) >= 11 is 0. The van der Waals surface area contributed by atoms with E-state index in [1.54, 1.807) is 30.3 Å². The molecule has 0 saturated carbocycles. The van der Waals surface area contributed by atoms with E-state index in [4.69, 9.17) is 9.57 Å². The first-order valence-electron chi connectivity index (χ1n) is 10.4. The third-order valence-electron chi connectivity index (χ3n) is 5.74. The van der Waals surface area contributed by atoms with Crippen molar-refractivity contribution in [2.75, 3.05) is 13.7 Å². The van der Waals surface area contributed by atoms with Crippen LogP contribution in [0, 0.1) is 0 Å². The van der Waals surface area contributed by atoms with Gasteiger partial charge < -0.3 is 34.7 Å². The van der Waals surface area contributed by atoms with Gasteiger partial charge in [0.05, 0.1) is 24.8 Å². The number of hydrogen-bond donors (Lipinski definition) is 4. The Balaban J connectivity index is 1.92. The fourth-order valence-electron chi connectivity index (χ4n) is 3.93. The Hall–Kier alpha value is -3.16. The van der Waals surface area contributed by atoms with Crippen molar-refractivity contribution in [2.24, 2.45) is 0 Å². The molecule has 35 heavy (non-hydrogen) atoms. The Bertz CT molecular complexity index is 1210. The van der Waals surface area contributed by atoms with Crippen LogP contribution in [0.1, 0.15) is 16.1 Å². The van der Waals surface area contributed by atoms with Gasteiger partial charge in [-0.05, 0) is 29.3 Å². The Kier molecular flexibility index (Phi) is 6.75. The van der Waals surface area contributed by atoms with Gasteiger partial charge >= 0.3 is 12.1 Å². The van der Waals surface area contributed by atoms with E-state index in [-0.39, 0.29) is 16.5 Å². The molecule has 0 spiro atoms. The molecule has 0 amide bonds. The largest absolute Gasteiger partial charge is 0.464 e. The average molecular weight is 497 g/mol. The van der Waals surface area contributed by atoms with Crippen LogP contribution in [0.4, 0.5) is 13.2 Å². The molecule has 188 valence electrons. The van der Waals surface area contributed by atoms with E-state index < -0.39 is 60.7 Å². The molecule has 0 radical (unpaired) electrons. The molecule has 1 fully saturated rings. The zero-order valence-corrected chi connectivity index (χ0v) is 18.2. The summed E-state index contributed by atoms with van der Waals surface area (Å²) in [4.78, 5) is 18.0. The first kappa shape index (κ1) is 24.9. The van der Waals surface area contributed by atoms with Gasteiger partial charge in [0.15, 0.2) is 5.69 Å². The highest BCUT2D eigenvalue weighted by molar-refractivity contribution is 5.98. The highest BCUT2D eigenvalue weighted by Gasteiger charge is 2.46. The molecular weight excluding hydrogens is 475 g/mol. The summed E-state index contributed by atoms with van der Waals surface area (Å²) in [6.45, 7) is -0.753. The molecule has 5 atom stereocenters. The number of fused-ring (bicyclic) bond motifs is 1. The first-order chi connectivity index (χ1) is 16.6. The molecule has 12 heteroatoms. The second-order valence-corrected chi connectivity index (χ2v) is 7.94. The van der Waals surface area contributed by atoms with Gasteiger partial charge in [0.2, 0.25) is 0 Å². The lowest BCUT2D eigenvalue weighted by Crippen LogP contribution is -2.61. The van der Waals surface area contributed by atoms with Gasteiger partial charge in [0.1, 0.15) is 24.4 Å². The minimum Gasteiger partial charge on any atom is -0.464 e. The van der Waals surface area contributed by atoms with Gasteiger partial charge in [-0.2, -0.15) is 17.9 Å². The molecule has 2 aromatic carbocycles. The quantitative estimate of drug-likeness (QED) is 0.389. The van der Waals surface area contributed by atoms with Gasteiger partial charge in [0.25, 0.3) is 6.29 Å². The number of aliphatic hydroxyl groups is 4. The summed E-state index contributed by atoms with van der Waals surface area (Å²) in [6.07, 6.45) is -13.3. The van der Waals surface area contributed by atoms with Gasteiger partial charge in [0, 0.05) is 5.39 Å². The molecule has 1 aromatic heterocycles. The van der Waals surface area contributed by atoms with Crippen LogP contribution in [0.2, 0.25) is 0 Å². The van der Waals surface area contributed by atoms with Crippen LogP contribution >= 0.6 is 0 Å². The lowest BCUT2D eigenvalue weighted by Gasteiger charge is -2.39. The third kappa shape index (κ3) is 4.58. The number of nitrogens with zero attached hydrogens (tertiary/aromatic N) is 1. The molecule has 0 unspecified atom stereocenters. The zero-order chi connectivity index (χ0) is 25.5. The first-order valence-corrected chi connectivity index (χ1v) is 10.4. The normalized spacial score (nSPS) is 25.0. The van der Waals surface area contributed by atoms with E-state index in [1.165, 1.54) is 6.07 Å². The maximum Gasteiger partial charge on any atom is 0.417 e. The minimum atomic E-state index is -4.80. The molecule has 4 rings (SSSR count). The molecule has 2 heterocycles. The summed E-state index contributed by atoms with van der Waals surface area (Å²) in [7, 11) is 1.03. The highest BCUT2D eigenvalue weighted by atomic mass is 19.4. The van der Waals surface area contributed by atoms with Crippen LogP contribution in [-0.4, -0.2) is 75.5 Å². The van der Waals surface area contributed by atoms with Crippen LogP contribution in [0.25, 0.3) is 22.0 Å². The van der Waals surface area contributed by atoms with E-state index in [2.05, 4.69) is 4.74 Å². The van der Waals surface area contributed by atoms with Gasteiger partial charge in [-0.25, -0.2) is 4.79 Å². The molecular formula is C23H22F3NO8. The van der Waals surface area contributed by atoms with Crippen molar-refractivity contribution in [1.82, 2.24) is 4.73 Å². The third-order valence-corrected chi connectivity index (χ3v) is 5.74. The summed E-state index contributed by atoms with van der Waals surface area (Å²) < 4.78 is 52.8.